The Bertz CT molecular complexity index is 289. The second-order valence-electron chi connectivity index (χ2n) is 4.78. The summed E-state index contributed by atoms with van der Waals surface area (Å²) in [6.45, 7) is 8.52. The largest absolute Gasteiger partial charge is 0.390 e. The topological polar surface area (TPSA) is 26.0 Å². The maximum Gasteiger partial charge on any atom is 0.0991 e. The Hall–Kier alpha value is -0.630. The van der Waals surface area contributed by atoms with Gasteiger partial charge in [-0.2, -0.15) is 0 Å². The smallest absolute Gasteiger partial charge is 0.0991 e. The quantitative estimate of drug-likeness (QED) is 0.292. The number of unbranched alkanes of at least 4 members (excludes halogenated alkanes) is 3. The summed E-state index contributed by atoms with van der Waals surface area (Å²) in [6, 6.07) is 0. The van der Waals surface area contributed by atoms with Crippen molar-refractivity contribution in [3.8, 4) is 0 Å². The first-order valence-corrected chi connectivity index (χ1v) is 6.99. The predicted octanol–water partition coefficient (Wildman–Crippen LogP) is 4.77. The molecule has 1 unspecified atom stereocenters. The van der Waals surface area contributed by atoms with Gasteiger partial charge in [-0.25, -0.2) is 0 Å². The average Bonchev–Trinajstić information content (AvgIpc) is 2.31. The molecule has 0 fully saturated rings. The van der Waals surface area contributed by atoms with Gasteiger partial charge in [-0.05, 0) is 51.5 Å². The summed E-state index contributed by atoms with van der Waals surface area (Å²) in [7, 11) is 0. The molecule has 0 aliphatic heterocycles. The zero-order chi connectivity index (χ0) is 13.3. The van der Waals surface area contributed by atoms with Gasteiger partial charge in [0, 0.05) is 0 Å². The van der Waals surface area contributed by atoms with Gasteiger partial charge >= 0.3 is 0 Å². The van der Waals surface area contributed by atoms with Gasteiger partial charge < -0.3 is 5.73 Å². The number of hydrogen-bond donors (Lipinski definition) is 1. The van der Waals surface area contributed by atoms with E-state index < -0.39 is 0 Å². The molecule has 0 saturated heterocycles. The molecular weight excluding hydrogens is 226 g/mol. The lowest BCUT2D eigenvalue weighted by Gasteiger charge is -2.15. The standard InChI is InChI=1S/C15H27NS/c1-5-6-7-8-9-10-11-12(2)13(3)14(4)15(16)17/h5-6,12H,7-11H2,1-4H3,(H2,16,17)/b6-5?,14-13+. The van der Waals surface area contributed by atoms with Gasteiger partial charge in [-0.15, -0.1) is 0 Å². The molecule has 0 aromatic rings. The maximum absolute atomic E-state index is 5.65. The third kappa shape index (κ3) is 7.32. The van der Waals surface area contributed by atoms with Gasteiger partial charge in [0.05, 0.1) is 4.99 Å². The Labute approximate surface area is 112 Å². The normalized spacial score (nSPS) is 14.8. The number of thiocarbonyl (C=S) groups is 1. The van der Waals surface area contributed by atoms with Gasteiger partial charge in [-0.3, -0.25) is 0 Å². The highest BCUT2D eigenvalue weighted by atomic mass is 32.1. The van der Waals surface area contributed by atoms with E-state index in [0.717, 1.165) is 5.57 Å². The van der Waals surface area contributed by atoms with Gasteiger partial charge in [-0.1, -0.05) is 49.7 Å². The SMILES string of the molecule is CC=CCCCCCC(C)/C(C)=C(\C)C(N)=S. The third-order valence-corrected chi connectivity index (χ3v) is 3.75. The van der Waals surface area contributed by atoms with Gasteiger partial charge in [0.2, 0.25) is 0 Å². The van der Waals surface area contributed by atoms with Crippen LogP contribution in [-0.4, -0.2) is 4.99 Å². The fourth-order valence-corrected chi connectivity index (χ4v) is 2.00. The Kier molecular flexibility index (Phi) is 9.06. The summed E-state index contributed by atoms with van der Waals surface area (Å²) in [5.74, 6) is 0.596. The van der Waals surface area contributed by atoms with Crippen LogP contribution in [0.5, 0.6) is 0 Å². The fourth-order valence-electron chi connectivity index (χ4n) is 1.84. The van der Waals surface area contributed by atoms with Crippen molar-refractivity contribution in [2.24, 2.45) is 11.7 Å². The van der Waals surface area contributed by atoms with Gasteiger partial charge in [0.15, 0.2) is 0 Å². The van der Waals surface area contributed by atoms with Gasteiger partial charge in [0.1, 0.15) is 0 Å². The van der Waals surface area contributed by atoms with Crippen molar-refractivity contribution < 1.29 is 0 Å². The second kappa shape index (κ2) is 9.41. The number of hydrogen-bond acceptors (Lipinski definition) is 1. The molecule has 0 saturated carbocycles. The maximum atomic E-state index is 5.65. The Morgan fingerprint density at radius 3 is 2.41 bits per heavy atom. The lowest BCUT2D eigenvalue weighted by Crippen LogP contribution is -2.13. The van der Waals surface area contributed by atoms with Crippen LogP contribution in [0.1, 0.15) is 59.8 Å². The molecule has 0 rings (SSSR count). The average molecular weight is 253 g/mol. The summed E-state index contributed by atoms with van der Waals surface area (Å²) in [5, 5.41) is 0. The van der Waals surface area contributed by atoms with Gasteiger partial charge in [0.25, 0.3) is 0 Å². The molecule has 0 amide bonds. The van der Waals surface area contributed by atoms with E-state index in [-0.39, 0.29) is 0 Å². The molecule has 0 aromatic heterocycles. The fraction of sp³-hybridized carbons (Fsp3) is 0.667. The first kappa shape index (κ1) is 16.4. The van der Waals surface area contributed by atoms with E-state index >= 15 is 0 Å². The molecule has 0 heterocycles. The van der Waals surface area contributed by atoms with Crippen molar-refractivity contribution in [2.75, 3.05) is 0 Å². The molecule has 0 spiro atoms. The minimum Gasteiger partial charge on any atom is -0.390 e. The van der Waals surface area contributed by atoms with Crippen LogP contribution in [0, 0.1) is 5.92 Å². The lowest BCUT2D eigenvalue weighted by atomic mass is 9.92. The first-order valence-electron chi connectivity index (χ1n) is 6.59. The van der Waals surface area contributed by atoms with Crippen LogP contribution < -0.4 is 5.73 Å². The molecule has 17 heavy (non-hydrogen) atoms. The summed E-state index contributed by atoms with van der Waals surface area (Å²) in [6.07, 6.45) is 10.7. The van der Waals surface area contributed by atoms with E-state index in [9.17, 15) is 0 Å². The number of nitrogens with two attached hydrogens (primary N) is 1. The van der Waals surface area contributed by atoms with E-state index in [2.05, 4.69) is 32.9 Å². The molecule has 1 nitrogen and oxygen atoms in total. The van der Waals surface area contributed by atoms with E-state index in [1.54, 1.807) is 0 Å². The Balaban J connectivity index is 3.90. The van der Waals surface area contributed by atoms with Crippen LogP contribution in [0.2, 0.25) is 0 Å². The Morgan fingerprint density at radius 2 is 1.88 bits per heavy atom. The minimum atomic E-state index is 0.544. The molecule has 0 bridgehead atoms. The predicted molar refractivity (Wildman–Crippen MR) is 82.2 cm³/mol. The van der Waals surface area contributed by atoms with Crippen LogP contribution in [0.15, 0.2) is 23.3 Å². The van der Waals surface area contributed by atoms with Crippen LogP contribution in [0.3, 0.4) is 0 Å². The van der Waals surface area contributed by atoms with Crippen molar-refractivity contribution >= 4 is 17.2 Å². The zero-order valence-corrected chi connectivity index (χ0v) is 12.6. The third-order valence-electron chi connectivity index (χ3n) is 3.44. The van der Waals surface area contributed by atoms with Crippen LogP contribution >= 0.6 is 12.2 Å². The summed E-state index contributed by atoms with van der Waals surface area (Å²) in [5.41, 5.74) is 8.10. The lowest BCUT2D eigenvalue weighted by molar-refractivity contribution is 0.545. The minimum absolute atomic E-state index is 0.544. The Morgan fingerprint density at radius 1 is 1.24 bits per heavy atom. The molecule has 0 radical (unpaired) electrons. The van der Waals surface area contributed by atoms with E-state index in [4.69, 9.17) is 18.0 Å². The van der Waals surface area contributed by atoms with E-state index in [1.165, 1.54) is 37.7 Å². The highest BCUT2D eigenvalue weighted by molar-refractivity contribution is 7.80. The summed E-state index contributed by atoms with van der Waals surface area (Å²) in [4.78, 5) is 0.544. The van der Waals surface area contributed by atoms with Crippen molar-refractivity contribution in [3.63, 3.8) is 0 Å². The molecule has 0 aliphatic carbocycles. The number of rotatable bonds is 8. The van der Waals surface area contributed by atoms with E-state index in [0.29, 0.717) is 10.9 Å². The summed E-state index contributed by atoms with van der Waals surface area (Å²) < 4.78 is 0. The summed E-state index contributed by atoms with van der Waals surface area (Å²) >= 11 is 5.01. The van der Waals surface area contributed by atoms with Crippen molar-refractivity contribution in [1.82, 2.24) is 0 Å². The van der Waals surface area contributed by atoms with Crippen LogP contribution in [-0.2, 0) is 0 Å². The number of allylic oxidation sites excluding steroid dienone is 3. The molecule has 2 heteroatoms. The highest BCUT2D eigenvalue weighted by Crippen LogP contribution is 2.21. The molecule has 2 N–H and O–H groups in total. The molecule has 0 aromatic carbocycles. The van der Waals surface area contributed by atoms with Crippen molar-refractivity contribution in [1.29, 1.82) is 0 Å². The molecular formula is C15H27NS. The first-order chi connectivity index (χ1) is 8.00. The highest BCUT2D eigenvalue weighted by Gasteiger charge is 2.08. The zero-order valence-electron chi connectivity index (χ0n) is 11.8. The van der Waals surface area contributed by atoms with Crippen LogP contribution in [0.25, 0.3) is 0 Å². The van der Waals surface area contributed by atoms with E-state index in [1.807, 2.05) is 6.92 Å². The van der Waals surface area contributed by atoms with Crippen molar-refractivity contribution in [3.05, 3.63) is 23.3 Å². The molecule has 98 valence electrons. The van der Waals surface area contributed by atoms with Crippen molar-refractivity contribution in [2.45, 2.75) is 59.8 Å². The molecule has 0 aliphatic rings. The van der Waals surface area contributed by atoms with Crippen LogP contribution in [0.4, 0.5) is 0 Å². The molecule has 1 atom stereocenters. The monoisotopic (exact) mass is 253 g/mol. The second-order valence-corrected chi connectivity index (χ2v) is 5.22.